The van der Waals surface area contributed by atoms with Gasteiger partial charge in [-0.25, -0.2) is 0 Å². The highest BCUT2D eigenvalue weighted by atomic mass is 16.2. The summed E-state index contributed by atoms with van der Waals surface area (Å²) in [5.41, 5.74) is 4.07. The molecule has 1 amide bonds. The van der Waals surface area contributed by atoms with E-state index >= 15 is 0 Å². The van der Waals surface area contributed by atoms with Gasteiger partial charge in [0.05, 0.1) is 0 Å². The first-order valence-electron chi connectivity index (χ1n) is 9.81. The van der Waals surface area contributed by atoms with E-state index in [-0.39, 0.29) is 0 Å². The molecule has 0 atom stereocenters. The van der Waals surface area contributed by atoms with Gasteiger partial charge >= 0.3 is 0 Å². The van der Waals surface area contributed by atoms with Gasteiger partial charge in [0.25, 0.3) is 0 Å². The van der Waals surface area contributed by atoms with E-state index in [1.54, 1.807) is 0 Å². The maximum absolute atomic E-state index is 12.6. The van der Waals surface area contributed by atoms with Crippen LogP contribution in [0.15, 0.2) is 54.6 Å². The minimum absolute atomic E-state index is 0.318. The number of amides is 1. The fraction of sp³-hybridized carbons (Fsp3) is 0.435. The van der Waals surface area contributed by atoms with Crippen molar-refractivity contribution in [1.29, 1.82) is 0 Å². The van der Waals surface area contributed by atoms with E-state index in [1.165, 1.54) is 16.7 Å². The highest BCUT2D eigenvalue weighted by Crippen LogP contribution is 2.14. The van der Waals surface area contributed by atoms with Gasteiger partial charge in [-0.05, 0) is 42.9 Å². The van der Waals surface area contributed by atoms with E-state index in [4.69, 9.17) is 0 Å². The second-order valence-corrected chi connectivity index (χ2v) is 7.28. The lowest BCUT2D eigenvalue weighted by atomic mass is 10.1. The molecule has 0 aliphatic carbocycles. The molecule has 1 fully saturated rings. The zero-order valence-corrected chi connectivity index (χ0v) is 15.9. The first-order chi connectivity index (χ1) is 12.7. The number of benzene rings is 2. The lowest BCUT2D eigenvalue weighted by molar-refractivity contribution is -0.131. The van der Waals surface area contributed by atoms with E-state index in [2.05, 4.69) is 65.3 Å². The molecule has 3 heteroatoms. The maximum Gasteiger partial charge on any atom is 0.222 e. The summed E-state index contributed by atoms with van der Waals surface area (Å²) < 4.78 is 0. The minimum Gasteiger partial charge on any atom is -0.341 e. The van der Waals surface area contributed by atoms with Crippen LogP contribution in [0.25, 0.3) is 0 Å². The van der Waals surface area contributed by atoms with Gasteiger partial charge < -0.3 is 4.90 Å². The number of carbonyl (C=O) groups excluding carboxylic acids is 1. The number of hydrogen-bond donors (Lipinski definition) is 0. The number of rotatable bonds is 6. The first kappa shape index (κ1) is 18.7. The molecular formula is C23H30N2O. The Labute approximate surface area is 157 Å². The second kappa shape index (κ2) is 9.54. The quantitative estimate of drug-likeness (QED) is 0.785. The van der Waals surface area contributed by atoms with Gasteiger partial charge in [0, 0.05) is 39.1 Å². The third-order valence-electron chi connectivity index (χ3n) is 5.30. The summed E-state index contributed by atoms with van der Waals surface area (Å²) in [5.74, 6) is 0.318. The molecule has 1 aliphatic rings. The zero-order chi connectivity index (χ0) is 18.2. The molecule has 0 aromatic heterocycles. The van der Waals surface area contributed by atoms with Gasteiger partial charge in [-0.1, -0.05) is 54.6 Å². The fourth-order valence-electron chi connectivity index (χ4n) is 3.65. The summed E-state index contributed by atoms with van der Waals surface area (Å²) in [4.78, 5) is 17.1. The van der Waals surface area contributed by atoms with Crippen LogP contribution in [0.3, 0.4) is 0 Å². The van der Waals surface area contributed by atoms with Crippen molar-refractivity contribution in [2.75, 3.05) is 26.2 Å². The highest BCUT2D eigenvalue weighted by Gasteiger charge is 2.19. The Kier molecular flexibility index (Phi) is 6.84. The molecule has 2 aromatic rings. The zero-order valence-electron chi connectivity index (χ0n) is 15.9. The lowest BCUT2D eigenvalue weighted by Gasteiger charge is -2.22. The Bertz CT molecular complexity index is 698. The standard InChI is InChI=1S/C23H30N2O/c1-20-9-5-6-13-22(20)19-24-15-8-16-25(18-17-24)23(26)14-7-12-21-10-3-2-4-11-21/h2-6,9-11,13H,7-8,12,14-19H2,1H3. The first-order valence-corrected chi connectivity index (χ1v) is 9.81. The molecule has 3 nitrogen and oxygen atoms in total. The molecule has 2 aromatic carbocycles. The van der Waals surface area contributed by atoms with Crippen molar-refractivity contribution in [2.45, 2.75) is 39.2 Å². The number of nitrogens with zero attached hydrogens (tertiary/aromatic N) is 2. The molecule has 26 heavy (non-hydrogen) atoms. The summed E-state index contributed by atoms with van der Waals surface area (Å²) in [6.45, 7) is 6.96. The van der Waals surface area contributed by atoms with E-state index in [0.29, 0.717) is 12.3 Å². The highest BCUT2D eigenvalue weighted by molar-refractivity contribution is 5.76. The van der Waals surface area contributed by atoms with E-state index in [1.807, 2.05) is 6.07 Å². The summed E-state index contributed by atoms with van der Waals surface area (Å²) in [6, 6.07) is 19.0. The van der Waals surface area contributed by atoms with Crippen LogP contribution in [0.4, 0.5) is 0 Å². The maximum atomic E-state index is 12.6. The number of aryl methyl sites for hydroxylation is 2. The van der Waals surface area contributed by atoms with Gasteiger partial charge in [-0.3, -0.25) is 9.69 Å². The minimum atomic E-state index is 0.318. The predicted octanol–water partition coefficient (Wildman–Crippen LogP) is 4.05. The Hall–Kier alpha value is -2.13. The van der Waals surface area contributed by atoms with Gasteiger partial charge in [0.1, 0.15) is 0 Å². The lowest BCUT2D eigenvalue weighted by Crippen LogP contribution is -2.35. The van der Waals surface area contributed by atoms with Crippen LogP contribution < -0.4 is 0 Å². The van der Waals surface area contributed by atoms with E-state index in [9.17, 15) is 4.79 Å². The van der Waals surface area contributed by atoms with Crippen LogP contribution in [-0.4, -0.2) is 41.9 Å². The summed E-state index contributed by atoms with van der Waals surface area (Å²) in [7, 11) is 0. The molecule has 0 radical (unpaired) electrons. The average Bonchev–Trinajstić information content (AvgIpc) is 2.90. The van der Waals surface area contributed by atoms with E-state index in [0.717, 1.165) is 52.0 Å². The van der Waals surface area contributed by atoms with Crippen molar-refractivity contribution in [1.82, 2.24) is 9.80 Å². The molecule has 0 saturated carbocycles. The molecule has 1 heterocycles. The molecule has 0 unspecified atom stereocenters. The van der Waals surface area contributed by atoms with Gasteiger partial charge in [-0.15, -0.1) is 0 Å². The van der Waals surface area contributed by atoms with Crippen LogP contribution in [0.5, 0.6) is 0 Å². The molecule has 1 aliphatic heterocycles. The van der Waals surface area contributed by atoms with Crippen molar-refractivity contribution in [3.05, 3.63) is 71.3 Å². The Balaban J connectivity index is 1.44. The molecule has 3 rings (SSSR count). The third-order valence-corrected chi connectivity index (χ3v) is 5.30. The third kappa shape index (κ3) is 5.43. The molecule has 1 saturated heterocycles. The number of hydrogen-bond acceptors (Lipinski definition) is 2. The molecule has 0 spiro atoms. The van der Waals surface area contributed by atoms with Gasteiger partial charge in [0.2, 0.25) is 5.91 Å². The Morgan fingerprint density at radius 1 is 0.923 bits per heavy atom. The average molecular weight is 351 g/mol. The monoisotopic (exact) mass is 350 g/mol. The molecule has 0 bridgehead atoms. The normalized spacial score (nSPS) is 15.7. The summed E-state index contributed by atoms with van der Waals surface area (Å²) in [6.07, 6.45) is 3.65. The fourth-order valence-corrected chi connectivity index (χ4v) is 3.65. The van der Waals surface area contributed by atoms with Crippen LogP contribution >= 0.6 is 0 Å². The van der Waals surface area contributed by atoms with Crippen LogP contribution in [0.1, 0.15) is 36.0 Å². The predicted molar refractivity (Wildman–Crippen MR) is 107 cm³/mol. The van der Waals surface area contributed by atoms with Crippen LogP contribution in [-0.2, 0) is 17.8 Å². The van der Waals surface area contributed by atoms with Gasteiger partial charge in [0.15, 0.2) is 0 Å². The van der Waals surface area contributed by atoms with Crippen molar-refractivity contribution in [2.24, 2.45) is 0 Å². The Morgan fingerprint density at radius 2 is 1.69 bits per heavy atom. The smallest absolute Gasteiger partial charge is 0.222 e. The SMILES string of the molecule is Cc1ccccc1CN1CCCN(C(=O)CCCc2ccccc2)CC1. The summed E-state index contributed by atoms with van der Waals surface area (Å²) in [5, 5.41) is 0. The molecular weight excluding hydrogens is 320 g/mol. The van der Waals surface area contributed by atoms with Crippen molar-refractivity contribution < 1.29 is 4.79 Å². The molecule has 0 N–H and O–H groups in total. The van der Waals surface area contributed by atoms with E-state index < -0.39 is 0 Å². The largest absolute Gasteiger partial charge is 0.341 e. The van der Waals surface area contributed by atoms with Crippen molar-refractivity contribution in [3.8, 4) is 0 Å². The van der Waals surface area contributed by atoms with Crippen molar-refractivity contribution >= 4 is 5.91 Å². The second-order valence-electron chi connectivity index (χ2n) is 7.28. The van der Waals surface area contributed by atoms with Gasteiger partial charge in [-0.2, -0.15) is 0 Å². The van der Waals surface area contributed by atoms with Crippen LogP contribution in [0.2, 0.25) is 0 Å². The van der Waals surface area contributed by atoms with Crippen LogP contribution in [0, 0.1) is 6.92 Å². The Morgan fingerprint density at radius 3 is 2.50 bits per heavy atom. The molecule has 138 valence electrons. The summed E-state index contributed by atoms with van der Waals surface area (Å²) >= 11 is 0. The number of carbonyl (C=O) groups is 1. The topological polar surface area (TPSA) is 23.6 Å². The van der Waals surface area contributed by atoms with Crippen molar-refractivity contribution in [3.63, 3.8) is 0 Å².